The van der Waals surface area contributed by atoms with Crippen molar-refractivity contribution in [3.05, 3.63) is 31.0 Å². The average molecular weight is 244 g/mol. The minimum absolute atomic E-state index is 0.522. The zero-order valence-electron chi connectivity index (χ0n) is 10.3. The topological polar surface area (TPSA) is 58.9 Å². The summed E-state index contributed by atoms with van der Waals surface area (Å²) < 4.78 is 1.65. The van der Waals surface area contributed by atoms with Crippen molar-refractivity contribution >= 4 is 5.69 Å². The highest BCUT2D eigenvalue weighted by Crippen LogP contribution is 2.14. The van der Waals surface area contributed by atoms with Gasteiger partial charge in [0, 0.05) is 12.6 Å². The van der Waals surface area contributed by atoms with Crippen molar-refractivity contribution in [2.24, 2.45) is 0 Å². The Labute approximate surface area is 106 Å². The van der Waals surface area contributed by atoms with Crippen molar-refractivity contribution < 1.29 is 0 Å². The van der Waals surface area contributed by atoms with Crippen LogP contribution in [-0.2, 0) is 0 Å². The lowest BCUT2D eigenvalue weighted by atomic mass is 10.2. The number of rotatable bonds is 3. The number of hydrogen-bond acceptors (Lipinski definition) is 5. The second-order valence-corrected chi connectivity index (χ2v) is 4.64. The fourth-order valence-electron chi connectivity index (χ4n) is 2.22. The lowest BCUT2D eigenvalue weighted by molar-refractivity contribution is 0.414. The maximum Gasteiger partial charge on any atom is 0.155 e. The van der Waals surface area contributed by atoms with E-state index < -0.39 is 0 Å². The first-order chi connectivity index (χ1) is 8.81. The molecule has 0 aliphatic carbocycles. The Bertz CT molecular complexity index is 492. The summed E-state index contributed by atoms with van der Waals surface area (Å²) in [5.41, 5.74) is 1.05. The van der Waals surface area contributed by atoms with Gasteiger partial charge in [0.15, 0.2) is 5.82 Å². The minimum Gasteiger partial charge on any atom is -0.380 e. The molecular formula is C12H16N6. The molecule has 1 aliphatic rings. The van der Waals surface area contributed by atoms with E-state index in [1.54, 1.807) is 11.0 Å². The first kappa shape index (κ1) is 11.2. The van der Waals surface area contributed by atoms with E-state index in [9.17, 15) is 0 Å². The van der Waals surface area contributed by atoms with Crippen LogP contribution in [-0.4, -0.2) is 50.8 Å². The van der Waals surface area contributed by atoms with Gasteiger partial charge in [0.1, 0.15) is 12.7 Å². The predicted octanol–water partition coefficient (Wildman–Crippen LogP) is 0.778. The van der Waals surface area contributed by atoms with Crippen LogP contribution < -0.4 is 5.32 Å². The van der Waals surface area contributed by atoms with Crippen LogP contribution in [0, 0.1) is 0 Å². The maximum absolute atomic E-state index is 4.37. The quantitative estimate of drug-likeness (QED) is 0.864. The van der Waals surface area contributed by atoms with Gasteiger partial charge in [-0.05, 0) is 32.1 Å². The lowest BCUT2D eigenvalue weighted by Crippen LogP contribution is -2.23. The Morgan fingerprint density at radius 1 is 1.39 bits per heavy atom. The van der Waals surface area contributed by atoms with Crippen LogP contribution in [0.25, 0.3) is 5.82 Å². The Kier molecular flexibility index (Phi) is 2.93. The standard InChI is InChI=1S/C12H16N6/c1-17-5-4-11(7-17)16-10-2-3-12(14-6-10)18-9-13-8-15-18/h2-3,6,8-9,11,16H,4-5,7H2,1H3. The minimum atomic E-state index is 0.522. The molecule has 1 unspecified atom stereocenters. The molecule has 2 aromatic rings. The summed E-state index contributed by atoms with van der Waals surface area (Å²) in [5, 5.41) is 7.54. The molecule has 6 heteroatoms. The molecule has 0 amide bonds. The molecule has 94 valence electrons. The second kappa shape index (κ2) is 4.73. The number of likely N-dealkylation sites (tertiary alicyclic amines) is 1. The number of anilines is 1. The number of pyridine rings is 1. The highest BCUT2D eigenvalue weighted by Gasteiger charge is 2.18. The van der Waals surface area contributed by atoms with Crippen LogP contribution >= 0.6 is 0 Å². The fraction of sp³-hybridized carbons (Fsp3) is 0.417. The van der Waals surface area contributed by atoms with E-state index in [2.05, 4.69) is 32.3 Å². The van der Waals surface area contributed by atoms with E-state index in [1.165, 1.54) is 12.7 Å². The summed E-state index contributed by atoms with van der Waals surface area (Å²) >= 11 is 0. The number of nitrogens with one attached hydrogen (secondary N) is 1. The smallest absolute Gasteiger partial charge is 0.155 e. The zero-order valence-corrected chi connectivity index (χ0v) is 10.3. The van der Waals surface area contributed by atoms with Gasteiger partial charge in [0.2, 0.25) is 0 Å². The first-order valence-electron chi connectivity index (χ1n) is 6.07. The van der Waals surface area contributed by atoms with Crippen LogP contribution in [0.5, 0.6) is 0 Å². The van der Waals surface area contributed by atoms with Gasteiger partial charge in [-0.25, -0.2) is 14.6 Å². The summed E-state index contributed by atoms with van der Waals surface area (Å²) in [6, 6.07) is 4.49. The molecular weight excluding hydrogens is 228 g/mol. The molecule has 0 aromatic carbocycles. The third-order valence-corrected chi connectivity index (χ3v) is 3.16. The van der Waals surface area contributed by atoms with Crippen molar-refractivity contribution in [2.45, 2.75) is 12.5 Å². The number of aromatic nitrogens is 4. The van der Waals surface area contributed by atoms with Crippen molar-refractivity contribution in [3.63, 3.8) is 0 Å². The third kappa shape index (κ3) is 2.33. The van der Waals surface area contributed by atoms with Crippen LogP contribution in [0.3, 0.4) is 0 Å². The van der Waals surface area contributed by atoms with Crippen molar-refractivity contribution in [2.75, 3.05) is 25.5 Å². The van der Waals surface area contributed by atoms with Gasteiger partial charge >= 0.3 is 0 Å². The number of likely N-dealkylation sites (N-methyl/N-ethyl adjacent to an activating group) is 1. The van der Waals surface area contributed by atoms with Crippen LogP contribution in [0.1, 0.15) is 6.42 Å². The van der Waals surface area contributed by atoms with Gasteiger partial charge < -0.3 is 10.2 Å². The van der Waals surface area contributed by atoms with Gasteiger partial charge in [-0.2, -0.15) is 5.10 Å². The molecule has 2 aromatic heterocycles. The van der Waals surface area contributed by atoms with E-state index in [0.717, 1.165) is 24.6 Å². The van der Waals surface area contributed by atoms with E-state index in [4.69, 9.17) is 0 Å². The third-order valence-electron chi connectivity index (χ3n) is 3.16. The van der Waals surface area contributed by atoms with E-state index >= 15 is 0 Å². The highest BCUT2D eigenvalue weighted by molar-refractivity contribution is 5.44. The Balaban J connectivity index is 1.68. The normalized spacial score (nSPS) is 20.2. The summed E-state index contributed by atoms with van der Waals surface area (Å²) in [6.07, 6.45) is 6.17. The zero-order chi connectivity index (χ0) is 12.4. The summed E-state index contributed by atoms with van der Waals surface area (Å²) in [5.74, 6) is 0.779. The first-order valence-corrected chi connectivity index (χ1v) is 6.07. The van der Waals surface area contributed by atoms with Crippen molar-refractivity contribution in [1.82, 2.24) is 24.6 Å². The van der Waals surface area contributed by atoms with Gasteiger partial charge in [0.05, 0.1) is 11.9 Å². The summed E-state index contributed by atoms with van der Waals surface area (Å²) in [7, 11) is 2.15. The monoisotopic (exact) mass is 244 g/mol. The van der Waals surface area contributed by atoms with Crippen molar-refractivity contribution in [3.8, 4) is 5.82 Å². The van der Waals surface area contributed by atoms with Gasteiger partial charge in [-0.15, -0.1) is 0 Å². The van der Waals surface area contributed by atoms with Gasteiger partial charge in [-0.3, -0.25) is 0 Å². The molecule has 6 nitrogen and oxygen atoms in total. The fourth-order valence-corrected chi connectivity index (χ4v) is 2.22. The summed E-state index contributed by atoms with van der Waals surface area (Å²) in [6.45, 7) is 2.24. The second-order valence-electron chi connectivity index (χ2n) is 4.64. The molecule has 0 saturated carbocycles. The van der Waals surface area contributed by atoms with E-state index in [0.29, 0.717) is 6.04 Å². The molecule has 1 saturated heterocycles. The molecule has 0 bridgehead atoms. The molecule has 0 spiro atoms. The molecule has 1 aliphatic heterocycles. The summed E-state index contributed by atoms with van der Waals surface area (Å²) in [4.78, 5) is 10.6. The molecule has 0 radical (unpaired) electrons. The average Bonchev–Trinajstić information content (AvgIpc) is 3.02. The Hall–Kier alpha value is -1.95. The SMILES string of the molecule is CN1CCC(Nc2ccc(-n3cncn3)nc2)C1. The number of nitrogens with zero attached hydrogens (tertiary/aromatic N) is 5. The lowest BCUT2D eigenvalue weighted by Gasteiger charge is -2.14. The Morgan fingerprint density at radius 2 is 2.33 bits per heavy atom. The molecule has 3 heterocycles. The molecule has 1 N–H and O–H groups in total. The van der Waals surface area contributed by atoms with Crippen LogP contribution in [0.4, 0.5) is 5.69 Å². The maximum atomic E-state index is 4.37. The predicted molar refractivity (Wildman–Crippen MR) is 68.7 cm³/mol. The van der Waals surface area contributed by atoms with Crippen LogP contribution in [0.15, 0.2) is 31.0 Å². The molecule has 18 heavy (non-hydrogen) atoms. The molecule has 3 rings (SSSR count). The molecule has 1 atom stereocenters. The van der Waals surface area contributed by atoms with E-state index in [1.807, 2.05) is 18.3 Å². The highest BCUT2D eigenvalue weighted by atomic mass is 15.3. The van der Waals surface area contributed by atoms with Gasteiger partial charge in [0.25, 0.3) is 0 Å². The number of hydrogen-bond donors (Lipinski definition) is 1. The largest absolute Gasteiger partial charge is 0.380 e. The van der Waals surface area contributed by atoms with Crippen molar-refractivity contribution in [1.29, 1.82) is 0 Å². The molecule has 1 fully saturated rings. The van der Waals surface area contributed by atoms with Crippen LogP contribution in [0.2, 0.25) is 0 Å². The van der Waals surface area contributed by atoms with E-state index in [-0.39, 0.29) is 0 Å². The Morgan fingerprint density at radius 3 is 2.94 bits per heavy atom. The van der Waals surface area contributed by atoms with Gasteiger partial charge in [-0.1, -0.05) is 0 Å².